The van der Waals surface area contributed by atoms with Crippen LogP contribution in [0.15, 0.2) is 182 Å². The molecular weight excluding hydrogens is 577 g/mol. The lowest BCUT2D eigenvalue weighted by Gasteiger charge is -2.20. The molecule has 0 saturated carbocycles. The normalized spacial score (nSPS) is 11.8. The molecule has 0 saturated heterocycles. The van der Waals surface area contributed by atoms with Gasteiger partial charge in [-0.25, -0.2) is 0 Å². The maximum atomic E-state index is 2.37. The summed E-state index contributed by atoms with van der Waals surface area (Å²) in [7, 11) is 0. The molecule has 0 amide bonds. The molecule has 0 unspecified atom stereocenters. The van der Waals surface area contributed by atoms with Crippen LogP contribution in [0.4, 0.5) is 0 Å². The van der Waals surface area contributed by atoms with E-state index in [2.05, 4.69) is 182 Å². The monoisotopic (exact) mass is 606 g/mol. The second-order valence-corrected chi connectivity index (χ2v) is 12.8. The highest BCUT2D eigenvalue weighted by Gasteiger charge is 2.24. The van der Waals surface area contributed by atoms with Gasteiger partial charge in [-0.3, -0.25) is 0 Å². The van der Waals surface area contributed by atoms with Crippen molar-refractivity contribution in [1.29, 1.82) is 0 Å². The lowest BCUT2D eigenvalue weighted by molar-refractivity contribution is 1.61. The van der Waals surface area contributed by atoms with Gasteiger partial charge in [0.2, 0.25) is 0 Å². The van der Waals surface area contributed by atoms with E-state index in [4.69, 9.17) is 0 Å². The maximum Gasteiger partial charge on any atom is -0.00201 e. The van der Waals surface area contributed by atoms with Crippen LogP contribution in [0.2, 0.25) is 0 Å². The van der Waals surface area contributed by atoms with E-state index in [1.54, 1.807) is 0 Å². The Morgan fingerprint density at radius 1 is 0.188 bits per heavy atom. The van der Waals surface area contributed by atoms with Crippen molar-refractivity contribution in [2.45, 2.75) is 0 Å². The molecule has 0 bridgehead atoms. The SMILES string of the molecule is c1ccc(-c2ccc(-c3c4ccccc4c(-c4ccc5c6c(cccc46)-c4ccccc4-c4ccccc4-5)c4ccccc34)cc2)cc1. The Morgan fingerprint density at radius 2 is 0.562 bits per heavy atom. The van der Waals surface area contributed by atoms with Gasteiger partial charge in [0.15, 0.2) is 0 Å². The van der Waals surface area contributed by atoms with Gasteiger partial charge in [0, 0.05) is 0 Å². The Kier molecular flexibility index (Phi) is 5.98. The molecule has 9 aromatic carbocycles. The van der Waals surface area contributed by atoms with Crippen molar-refractivity contribution in [2.75, 3.05) is 0 Å². The summed E-state index contributed by atoms with van der Waals surface area (Å²) in [4.78, 5) is 0. The van der Waals surface area contributed by atoms with Gasteiger partial charge in [0.25, 0.3) is 0 Å². The van der Waals surface area contributed by atoms with Crippen LogP contribution in [0, 0.1) is 0 Å². The Balaban J connectivity index is 1.28. The molecule has 1 aliphatic carbocycles. The van der Waals surface area contributed by atoms with Crippen LogP contribution in [0.3, 0.4) is 0 Å². The molecule has 48 heavy (non-hydrogen) atoms. The Bertz CT molecular complexity index is 2590. The third kappa shape index (κ3) is 3.96. The van der Waals surface area contributed by atoms with Gasteiger partial charge in [-0.05, 0) is 99.1 Å². The van der Waals surface area contributed by atoms with Gasteiger partial charge in [-0.15, -0.1) is 0 Å². The van der Waals surface area contributed by atoms with Crippen molar-refractivity contribution < 1.29 is 0 Å². The van der Waals surface area contributed by atoms with Crippen LogP contribution < -0.4 is 0 Å². The van der Waals surface area contributed by atoms with Crippen LogP contribution in [0.25, 0.3) is 99.1 Å². The summed E-state index contributed by atoms with van der Waals surface area (Å²) >= 11 is 0. The number of fused-ring (bicyclic) bond motifs is 7. The van der Waals surface area contributed by atoms with E-state index in [9.17, 15) is 0 Å². The molecule has 0 heteroatoms. The smallest absolute Gasteiger partial charge is 0.00201 e. The highest BCUT2D eigenvalue weighted by atomic mass is 14.3. The highest BCUT2D eigenvalue weighted by Crippen LogP contribution is 2.51. The fourth-order valence-corrected chi connectivity index (χ4v) is 8.17. The second kappa shape index (κ2) is 10.7. The molecule has 0 aromatic heterocycles. The largest absolute Gasteiger partial charge is 0.0622 e. The number of rotatable bonds is 3. The first-order valence-electron chi connectivity index (χ1n) is 16.7. The first kappa shape index (κ1) is 26.9. The maximum absolute atomic E-state index is 2.37. The molecule has 0 nitrogen and oxygen atoms in total. The molecule has 9 aromatic rings. The van der Waals surface area contributed by atoms with Crippen LogP contribution in [-0.4, -0.2) is 0 Å². The minimum Gasteiger partial charge on any atom is -0.0622 e. The van der Waals surface area contributed by atoms with Crippen molar-refractivity contribution in [2.24, 2.45) is 0 Å². The third-order valence-electron chi connectivity index (χ3n) is 10.2. The van der Waals surface area contributed by atoms with E-state index in [0.717, 1.165) is 0 Å². The van der Waals surface area contributed by atoms with E-state index >= 15 is 0 Å². The Hall–Kier alpha value is -6.24. The first-order chi connectivity index (χ1) is 23.8. The van der Waals surface area contributed by atoms with Gasteiger partial charge in [0.05, 0.1) is 0 Å². The lowest BCUT2D eigenvalue weighted by atomic mass is 9.83. The summed E-state index contributed by atoms with van der Waals surface area (Å²) in [5.41, 5.74) is 15.3. The zero-order valence-electron chi connectivity index (χ0n) is 26.3. The standard InChI is InChI=1S/C48H30/c1-2-13-31(14-3-1)32-25-27-33(28-26-32)46-39-19-8-10-21-41(39)48(42-22-11-9-20-40(42)46)45-30-29-44-37-18-7-5-16-35(37)34-15-4-6-17-36(34)38-23-12-24-43(45)47(38)44/h1-30H. The topological polar surface area (TPSA) is 0 Å². The number of hydrogen-bond donors (Lipinski definition) is 0. The average molecular weight is 607 g/mol. The Labute approximate surface area is 280 Å². The first-order valence-corrected chi connectivity index (χ1v) is 16.7. The summed E-state index contributed by atoms with van der Waals surface area (Å²) in [5, 5.41) is 7.69. The zero-order valence-corrected chi connectivity index (χ0v) is 26.3. The third-order valence-corrected chi connectivity index (χ3v) is 10.2. The van der Waals surface area contributed by atoms with Crippen molar-refractivity contribution in [3.05, 3.63) is 182 Å². The number of hydrogen-bond acceptors (Lipinski definition) is 0. The summed E-state index contributed by atoms with van der Waals surface area (Å²) in [6.07, 6.45) is 0. The molecule has 1 aliphatic rings. The molecule has 0 radical (unpaired) electrons. The van der Waals surface area contributed by atoms with Gasteiger partial charge in [0.1, 0.15) is 0 Å². The molecule has 0 aliphatic heterocycles. The van der Waals surface area contributed by atoms with Gasteiger partial charge in [-0.1, -0.05) is 182 Å². The van der Waals surface area contributed by atoms with E-state index in [1.165, 1.54) is 99.1 Å². The summed E-state index contributed by atoms with van der Waals surface area (Å²) in [5.74, 6) is 0. The lowest BCUT2D eigenvalue weighted by Crippen LogP contribution is -1.93. The van der Waals surface area contributed by atoms with Crippen molar-refractivity contribution in [3.63, 3.8) is 0 Å². The van der Waals surface area contributed by atoms with E-state index in [-0.39, 0.29) is 0 Å². The van der Waals surface area contributed by atoms with Crippen LogP contribution in [0.1, 0.15) is 0 Å². The molecule has 0 spiro atoms. The molecule has 0 N–H and O–H groups in total. The molecule has 0 heterocycles. The van der Waals surface area contributed by atoms with Crippen LogP contribution >= 0.6 is 0 Å². The molecular formula is C48H30. The predicted molar refractivity (Wildman–Crippen MR) is 205 cm³/mol. The van der Waals surface area contributed by atoms with E-state index in [0.29, 0.717) is 0 Å². The average Bonchev–Trinajstić information content (AvgIpc) is 3.28. The summed E-state index contributed by atoms with van der Waals surface area (Å²) in [6, 6.07) is 67.0. The predicted octanol–water partition coefficient (Wildman–Crippen LogP) is 13.5. The van der Waals surface area contributed by atoms with Gasteiger partial charge >= 0.3 is 0 Å². The second-order valence-electron chi connectivity index (χ2n) is 12.8. The van der Waals surface area contributed by atoms with Crippen LogP contribution in [0.5, 0.6) is 0 Å². The van der Waals surface area contributed by atoms with Crippen LogP contribution in [-0.2, 0) is 0 Å². The van der Waals surface area contributed by atoms with Gasteiger partial charge in [-0.2, -0.15) is 0 Å². The summed E-state index contributed by atoms with van der Waals surface area (Å²) < 4.78 is 0. The van der Waals surface area contributed by atoms with Crippen molar-refractivity contribution in [1.82, 2.24) is 0 Å². The molecule has 0 fully saturated rings. The zero-order chi connectivity index (χ0) is 31.6. The molecule has 222 valence electrons. The van der Waals surface area contributed by atoms with Gasteiger partial charge < -0.3 is 0 Å². The van der Waals surface area contributed by atoms with E-state index < -0.39 is 0 Å². The Morgan fingerprint density at radius 3 is 1.15 bits per heavy atom. The molecule has 0 atom stereocenters. The summed E-state index contributed by atoms with van der Waals surface area (Å²) in [6.45, 7) is 0. The van der Waals surface area contributed by atoms with Crippen molar-refractivity contribution in [3.8, 4) is 66.8 Å². The molecule has 10 rings (SSSR count). The fraction of sp³-hybridized carbons (Fsp3) is 0. The van der Waals surface area contributed by atoms with E-state index in [1.807, 2.05) is 0 Å². The quantitative estimate of drug-likeness (QED) is 0.176. The van der Waals surface area contributed by atoms with Crippen molar-refractivity contribution >= 4 is 32.3 Å². The fourth-order valence-electron chi connectivity index (χ4n) is 8.17. The number of benzene rings is 9. The minimum atomic E-state index is 1.23. The highest BCUT2D eigenvalue weighted by molar-refractivity contribution is 6.25. The minimum absolute atomic E-state index is 1.23.